The Hall–Kier alpha value is -1.40. The molecule has 0 saturated carbocycles. The molecule has 19 heavy (non-hydrogen) atoms. The summed E-state index contributed by atoms with van der Waals surface area (Å²) >= 11 is 6.99. The summed E-state index contributed by atoms with van der Waals surface area (Å²) in [6, 6.07) is 3.33. The molecule has 1 aromatic rings. The van der Waals surface area contributed by atoms with Gasteiger partial charge in [0.25, 0.3) is 0 Å². The van der Waals surface area contributed by atoms with E-state index in [9.17, 15) is 9.59 Å². The van der Waals surface area contributed by atoms with Crippen LogP contribution in [0.2, 0.25) is 5.02 Å². The predicted octanol–water partition coefficient (Wildman–Crippen LogP) is 2.41. The Balaban J connectivity index is 2.68. The molecular weight excluding hydrogens is 290 g/mol. The van der Waals surface area contributed by atoms with Crippen LogP contribution in [-0.2, 0) is 9.59 Å². The van der Waals surface area contributed by atoms with Gasteiger partial charge in [0, 0.05) is 11.1 Å². The Morgan fingerprint density at radius 1 is 1.42 bits per heavy atom. The highest BCUT2D eigenvalue weighted by atomic mass is 35.5. The quantitative estimate of drug-likeness (QED) is 0.844. The van der Waals surface area contributed by atoms with Gasteiger partial charge in [-0.25, -0.2) is 0 Å². The number of carboxylic acids is 1. The SMILES string of the molecule is COc1cc(Cl)c(C)cc1NC(=O)CSCC(=O)O. The largest absolute Gasteiger partial charge is 0.495 e. The van der Waals surface area contributed by atoms with Crippen molar-refractivity contribution in [2.24, 2.45) is 0 Å². The van der Waals surface area contributed by atoms with Gasteiger partial charge in [0.2, 0.25) is 5.91 Å². The van der Waals surface area contributed by atoms with E-state index in [-0.39, 0.29) is 17.4 Å². The molecule has 0 heterocycles. The zero-order chi connectivity index (χ0) is 14.4. The number of benzene rings is 1. The third-order valence-corrected chi connectivity index (χ3v) is 3.54. The van der Waals surface area contributed by atoms with Crippen molar-refractivity contribution in [3.63, 3.8) is 0 Å². The molecule has 0 aromatic heterocycles. The number of rotatable bonds is 6. The van der Waals surface area contributed by atoms with Gasteiger partial charge in [-0.3, -0.25) is 9.59 Å². The van der Waals surface area contributed by atoms with Crippen LogP contribution in [0.5, 0.6) is 5.75 Å². The second kappa shape index (κ2) is 7.25. The third kappa shape index (κ3) is 5.00. The summed E-state index contributed by atoms with van der Waals surface area (Å²) in [5.74, 6) is -0.808. The van der Waals surface area contributed by atoms with E-state index in [1.54, 1.807) is 12.1 Å². The first kappa shape index (κ1) is 15.7. The molecule has 0 atom stereocenters. The van der Waals surface area contributed by atoms with Crippen LogP contribution >= 0.6 is 23.4 Å². The molecule has 7 heteroatoms. The van der Waals surface area contributed by atoms with Crippen molar-refractivity contribution < 1.29 is 19.4 Å². The molecule has 2 N–H and O–H groups in total. The highest BCUT2D eigenvalue weighted by molar-refractivity contribution is 8.00. The van der Waals surface area contributed by atoms with Crippen molar-refractivity contribution in [2.75, 3.05) is 23.9 Å². The lowest BCUT2D eigenvalue weighted by Gasteiger charge is -2.12. The summed E-state index contributed by atoms with van der Waals surface area (Å²) in [5, 5.41) is 11.7. The van der Waals surface area contributed by atoms with Crippen molar-refractivity contribution in [3.8, 4) is 5.75 Å². The van der Waals surface area contributed by atoms with Crippen LogP contribution in [0, 0.1) is 6.92 Å². The molecule has 0 radical (unpaired) electrons. The van der Waals surface area contributed by atoms with Crippen LogP contribution in [0.1, 0.15) is 5.56 Å². The molecule has 0 spiro atoms. The van der Waals surface area contributed by atoms with E-state index in [2.05, 4.69) is 5.32 Å². The number of amides is 1. The van der Waals surface area contributed by atoms with Crippen LogP contribution in [0.15, 0.2) is 12.1 Å². The highest BCUT2D eigenvalue weighted by Gasteiger charge is 2.11. The van der Waals surface area contributed by atoms with Crippen molar-refractivity contribution >= 4 is 40.9 Å². The van der Waals surface area contributed by atoms with Gasteiger partial charge >= 0.3 is 5.97 Å². The van der Waals surface area contributed by atoms with Crippen molar-refractivity contribution in [1.29, 1.82) is 0 Å². The first-order valence-electron chi connectivity index (χ1n) is 5.37. The third-order valence-electron chi connectivity index (χ3n) is 2.21. The lowest BCUT2D eigenvalue weighted by Crippen LogP contribution is -2.16. The topological polar surface area (TPSA) is 75.6 Å². The predicted molar refractivity (Wildman–Crippen MR) is 76.3 cm³/mol. The minimum Gasteiger partial charge on any atom is -0.495 e. The average Bonchev–Trinajstić information content (AvgIpc) is 2.33. The summed E-state index contributed by atoms with van der Waals surface area (Å²) in [5.41, 5.74) is 1.33. The smallest absolute Gasteiger partial charge is 0.313 e. The summed E-state index contributed by atoms with van der Waals surface area (Å²) in [4.78, 5) is 22.0. The van der Waals surface area contributed by atoms with Gasteiger partial charge in [0.05, 0.1) is 24.3 Å². The molecule has 0 saturated heterocycles. The van der Waals surface area contributed by atoms with E-state index >= 15 is 0 Å². The fourth-order valence-electron chi connectivity index (χ4n) is 1.35. The Morgan fingerprint density at radius 2 is 2.11 bits per heavy atom. The Kier molecular flexibility index (Phi) is 5.98. The molecule has 1 aromatic carbocycles. The maximum atomic E-state index is 11.6. The first-order chi connectivity index (χ1) is 8.93. The number of carboxylic acid groups (broad SMARTS) is 1. The van der Waals surface area contributed by atoms with Gasteiger partial charge in [-0.1, -0.05) is 11.6 Å². The molecule has 104 valence electrons. The number of aryl methyl sites for hydroxylation is 1. The van der Waals surface area contributed by atoms with Crippen molar-refractivity contribution in [2.45, 2.75) is 6.92 Å². The number of nitrogens with one attached hydrogen (secondary N) is 1. The van der Waals surface area contributed by atoms with Gasteiger partial charge in [0.15, 0.2) is 0 Å². The van der Waals surface area contributed by atoms with E-state index in [4.69, 9.17) is 21.4 Å². The Bertz CT molecular complexity index is 493. The summed E-state index contributed by atoms with van der Waals surface area (Å²) < 4.78 is 5.12. The second-order valence-corrected chi connectivity index (χ2v) is 5.13. The fourth-order valence-corrected chi connectivity index (χ4v) is 2.04. The standard InChI is InChI=1S/C12H14ClNO4S/c1-7-3-9(10(18-2)4-8(7)13)14-11(15)5-19-6-12(16)17/h3-4H,5-6H2,1-2H3,(H,14,15)(H,16,17). The van der Waals surface area contributed by atoms with E-state index in [1.807, 2.05) is 6.92 Å². The molecule has 0 aliphatic rings. The van der Waals surface area contributed by atoms with Gasteiger partial charge in [-0.2, -0.15) is 0 Å². The molecule has 0 bridgehead atoms. The Labute approximate surface area is 120 Å². The van der Waals surface area contributed by atoms with E-state index in [0.29, 0.717) is 16.5 Å². The monoisotopic (exact) mass is 303 g/mol. The van der Waals surface area contributed by atoms with Crippen LogP contribution < -0.4 is 10.1 Å². The van der Waals surface area contributed by atoms with Crippen LogP contribution in [-0.4, -0.2) is 35.6 Å². The van der Waals surface area contributed by atoms with E-state index < -0.39 is 5.97 Å². The number of aliphatic carboxylic acids is 1. The molecule has 1 amide bonds. The summed E-state index contributed by atoms with van der Waals surface area (Å²) in [7, 11) is 1.48. The van der Waals surface area contributed by atoms with Crippen molar-refractivity contribution in [1.82, 2.24) is 0 Å². The van der Waals surface area contributed by atoms with Gasteiger partial charge < -0.3 is 15.2 Å². The van der Waals surface area contributed by atoms with Crippen LogP contribution in [0.25, 0.3) is 0 Å². The average molecular weight is 304 g/mol. The highest BCUT2D eigenvalue weighted by Crippen LogP contribution is 2.30. The van der Waals surface area contributed by atoms with Crippen LogP contribution in [0.4, 0.5) is 5.69 Å². The van der Waals surface area contributed by atoms with Crippen molar-refractivity contribution in [3.05, 3.63) is 22.7 Å². The van der Waals surface area contributed by atoms with E-state index in [1.165, 1.54) is 7.11 Å². The van der Waals surface area contributed by atoms with Gasteiger partial charge in [-0.15, -0.1) is 11.8 Å². The lowest BCUT2D eigenvalue weighted by molar-refractivity contribution is -0.133. The normalized spacial score (nSPS) is 10.1. The molecular formula is C12H14ClNO4S. The molecule has 1 rings (SSSR count). The number of thioether (sulfide) groups is 1. The van der Waals surface area contributed by atoms with Gasteiger partial charge in [-0.05, 0) is 18.6 Å². The Morgan fingerprint density at radius 3 is 2.68 bits per heavy atom. The molecule has 0 aliphatic carbocycles. The first-order valence-corrected chi connectivity index (χ1v) is 6.91. The number of carbonyl (C=O) groups excluding carboxylic acids is 1. The maximum Gasteiger partial charge on any atom is 0.313 e. The zero-order valence-corrected chi connectivity index (χ0v) is 12.1. The fraction of sp³-hybridized carbons (Fsp3) is 0.333. The minimum absolute atomic E-state index is 0.0666. The number of methoxy groups -OCH3 is 1. The zero-order valence-electron chi connectivity index (χ0n) is 10.5. The number of carbonyl (C=O) groups is 2. The lowest BCUT2D eigenvalue weighted by atomic mass is 10.2. The van der Waals surface area contributed by atoms with Crippen LogP contribution in [0.3, 0.4) is 0 Å². The molecule has 0 fully saturated rings. The number of anilines is 1. The summed E-state index contributed by atoms with van der Waals surface area (Å²) in [6.07, 6.45) is 0. The second-order valence-electron chi connectivity index (χ2n) is 3.74. The number of hydrogen-bond donors (Lipinski definition) is 2. The number of hydrogen-bond acceptors (Lipinski definition) is 4. The maximum absolute atomic E-state index is 11.6. The summed E-state index contributed by atoms with van der Waals surface area (Å²) in [6.45, 7) is 1.82. The van der Waals surface area contributed by atoms with E-state index in [0.717, 1.165) is 17.3 Å². The van der Waals surface area contributed by atoms with Gasteiger partial charge in [0.1, 0.15) is 5.75 Å². The molecule has 0 aliphatic heterocycles. The molecule has 5 nitrogen and oxygen atoms in total. The number of ether oxygens (including phenoxy) is 1. The number of halogens is 1. The molecule has 0 unspecified atom stereocenters. The minimum atomic E-state index is -0.947.